The molecule has 0 saturated heterocycles. The molecule has 0 unspecified atom stereocenters. The molecule has 2 nitrogen and oxygen atoms in total. The lowest BCUT2D eigenvalue weighted by Gasteiger charge is -2.14. The Bertz CT molecular complexity index is 100.0. The fraction of sp³-hybridized carbons (Fsp3) is 0.857. The van der Waals surface area contributed by atoms with Gasteiger partial charge in [0.05, 0.1) is 0 Å². The molecule has 0 aromatic carbocycles. The second-order valence-corrected chi connectivity index (χ2v) is 3.11. The molecule has 0 aliphatic heterocycles. The second-order valence-electron chi connectivity index (χ2n) is 3.11. The van der Waals surface area contributed by atoms with Gasteiger partial charge in [-0.25, -0.2) is 0 Å². The van der Waals surface area contributed by atoms with Crippen molar-refractivity contribution >= 4 is 5.78 Å². The number of ketones is 1. The molecule has 0 atom stereocenters. The number of hydrogen-bond acceptors (Lipinski definition) is 2. The van der Waals surface area contributed by atoms with Gasteiger partial charge in [-0.3, -0.25) is 4.79 Å². The minimum Gasteiger partial charge on any atom is -0.377 e. The van der Waals surface area contributed by atoms with Crippen molar-refractivity contribution in [2.75, 3.05) is 13.7 Å². The molecule has 0 saturated carbocycles. The van der Waals surface area contributed by atoms with E-state index < -0.39 is 0 Å². The van der Waals surface area contributed by atoms with E-state index in [1.807, 2.05) is 20.8 Å². The molecule has 0 aromatic rings. The van der Waals surface area contributed by atoms with Crippen molar-refractivity contribution in [3.63, 3.8) is 0 Å². The number of ether oxygens (including phenoxy) is 1. The topological polar surface area (TPSA) is 26.3 Å². The molecule has 0 aliphatic rings. The fourth-order valence-electron chi connectivity index (χ4n) is 0.348. The molecule has 0 heterocycles. The zero-order valence-electron chi connectivity index (χ0n) is 6.52. The third-order valence-electron chi connectivity index (χ3n) is 1.11. The van der Waals surface area contributed by atoms with Crippen LogP contribution in [-0.4, -0.2) is 19.5 Å². The standard InChI is InChI=1S/C7H14O2/c1-7(2,3)6(8)5-9-4/h5H2,1-4H3. The molecular weight excluding hydrogens is 116 g/mol. The van der Waals surface area contributed by atoms with Crippen molar-refractivity contribution in [1.82, 2.24) is 0 Å². The molecule has 0 fully saturated rings. The van der Waals surface area contributed by atoms with E-state index in [1.54, 1.807) is 0 Å². The summed E-state index contributed by atoms with van der Waals surface area (Å²) in [6.45, 7) is 5.88. The van der Waals surface area contributed by atoms with Gasteiger partial charge in [-0.15, -0.1) is 0 Å². The van der Waals surface area contributed by atoms with Crippen LogP contribution in [0, 0.1) is 5.41 Å². The summed E-state index contributed by atoms with van der Waals surface area (Å²) in [4.78, 5) is 10.9. The highest BCUT2D eigenvalue weighted by atomic mass is 16.5. The normalized spacial score (nSPS) is 11.6. The van der Waals surface area contributed by atoms with Crippen molar-refractivity contribution in [2.45, 2.75) is 20.8 Å². The number of carbonyl (C=O) groups excluding carboxylic acids is 1. The van der Waals surface area contributed by atoms with Crippen LogP contribution in [0.1, 0.15) is 20.8 Å². The van der Waals surface area contributed by atoms with Crippen LogP contribution in [-0.2, 0) is 9.53 Å². The van der Waals surface area contributed by atoms with E-state index >= 15 is 0 Å². The van der Waals surface area contributed by atoms with Crippen LogP contribution in [0.4, 0.5) is 0 Å². The molecule has 0 aliphatic carbocycles. The summed E-state index contributed by atoms with van der Waals surface area (Å²) < 4.78 is 4.68. The first-order valence-electron chi connectivity index (χ1n) is 3.00. The highest BCUT2D eigenvalue weighted by Gasteiger charge is 2.19. The van der Waals surface area contributed by atoms with Crippen LogP contribution < -0.4 is 0 Å². The maximum Gasteiger partial charge on any atom is 0.163 e. The third kappa shape index (κ3) is 3.25. The van der Waals surface area contributed by atoms with Gasteiger partial charge in [-0.1, -0.05) is 20.8 Å². The van der Waals surface area contributed by atoms with E-state index in [2.05, 4.69) is 4.74 Å². The first kappa shape index (κ1) is 8.63. The molecule has 2 heteroatoms. The van der Waals surface area contributed by atoms with Crippen molar-refractivity contribution in [1.29, 1.82) is 0 Å². The number of Topliss-reactive ketones (excluding diaryl/α,β-unsaturated/α-hetero) is 1. The van der Waals surface area contributed by atoms with Gasteiger partial charge in [0.1, 0.15) is 6.61 Å². The van der Waals surface area contributed by atoms with Gasteiger partial charge in [-0.05, 0) is 0 Å². The van der Waals surface area contributed by atoms with Gasteiger partial charge in [0.25, 0.3) is 0 Å². The molecule has 9 heavy (non-hydrogen) atoms. The van der Waals surface area contributed by atoms with Gasteiger partial charge in [0, 0.05) is 12.5 Å². The zero-order chi connectivity index (χ0) is 7.49. The maximum absolute atomic E-state index is 10.9. The number of methoxy groups -OCH3 is 1. The Morgan fingerprint density at radius 2 is 1.89 bits per heavy atom. The van der Waals surface area contributed by atoms with Crippen LogP contribution in [0.5, 0.6) is 0 Å². The average molecular weight is 130 g/mol. The van der Waals surface area contributed by atoms with Crippen LogP contribution in [0.2, 0.25) is 0 Å². The quantitative estimate of drug-likeness (QED) is 0.562. The second kappa shape index (κ2) is 2.97. The van der Waals surface area contributed by atoms with Crippen molar-refractivity contribution in [2.24, 2.45) is 5.41 Å². The lowest BCUT2D eigenvalue weighted by molar-refractivity contribution is -0.130. The number of rotatable bonds is 2. The highest BCUT2D eigenvalue weighted by Crippen LogP contribution is 2.13. The minimum absolute atomic E-state index is 0.144. The lowest BCUT2D eigenvalue weighted by Crippen LogP contribution is -2.24. The SMILES string of the molecule is COCC(=O)C(C)(C)C. The summed E-state index contributed by atoms with van der Waals surface area (Å²) in [6.07, 6.45) is 0. The van der Waals surface area contributed by atoms with E-state index in [0.29, 0.717) is 0 Å². The first-order valence-corrected chi connectivity index (χ1v) is 3.00. The van der Waals surface area contributed by atoms with Crippen LogP contribution in [0.15, 0.2) is 0 Å². The summed E-state index contributed by atoms with van der Waals surface area (Å²) in [5.41, 5.74) is -0.254. The Labute approximate surface area is 56.2 Å². The van der Waals surface area contributed by atoms with E-state index in [1.165, 1.54) is 7.11 Å². The molecule has 0 N–H and O–H groups in total. The van der Waals surface area contributed by atoms with Gasteiger partial charge in [0.2, 0.25) is 0 Å². The predicted octanol–water partition coefficient (Wildman–Crippen LogP) is 1.25. The molecular formula is C7H14O2. The van der Waals surface area contributed by atoms with E-state index in [4.69, 9.17) is 0 Å². The summed E-state index contributed by atoms with van der Waals surface area (Å²) in [7, 11) is 1.53. The molecule has 54 valence electrons. The maximum atomic E-state index is 10.9. The Balaban J connectivity index is 3.74. The zero-order valence-corrected chi connectivity index (χ0v) is 6.52. The Morgan fingerprint density at radius 3 is 2.00 bits per heavy atom. The summed E-state index contributed by atoms with van der Waals surface area (Å²) >= 11 is 0. The fourth-order valence-corrected chi connectivity index (χ4v) is 0.348. The summed E-state index contributed by atoms with van der Waals surface area (Å²) in [6, 6.07) is 0. The number of carbonyl (C=O) groups is 1. The molecule has 0 rings (SSSR count). The van der Waals surface area contributed by atoms with Gasteiger partial charge < -0.3 is 4.74 Å². The van der Waals surface area contributed by atoms with Gasteiger partial charge >= 0.3 is 0 Å². The molecule has 0 spiro atoms. The van der Waals surface area contributed by atoms with Crippen LogP contribution in [0.3, 0.4) is 0 Å². The first-order chi connectivity index (χ1) is 3.98. The average Bonchev–Trinajstić information content (AvgIpc) is 1.64. The molecule has 0 amide bonds. The van der Waals surface area contributed by atoms with Crippen LogP contribution >= 0.6 is 0 Å². The number of hydrogen-bond donors (Lipinski definition) is 0. The Morgan fingerprint density at radius 1 is 1.44 bits per heavy atom. The predicted molar refractivity (Wildman–Crippen MR) is 36.3 cm³/mol. The smallest absolute Gasteiger partial charge is 0.163 e. The lowest BCUT2D eigenvalue weighted by atomic mass is 9.91. The Kier molecular flexibility index (Phi) is 2.85. The summed E-state index contributed by atoms with van der Waals surface area (Å²) in [5.74, 6) is 0.144. The highest BCUT2D eigenvalue weighted by molar-refractivity contribution is 5.84. The van der Waals surface area contributed by atoms with Crippen LogP contribution in [0.25, 0.3) is 0 Å². The monoisotopic (exact) mass is 130 g/mol. The van der Waals surface area contributed by atoms with Gasteiger partial charge in [-0.2, -0.15) is 0 Å². The largest absolute Gasteiger partial charge is 0.377 e. The Hall–Kier alpha value is -0.370. The van der Waals surface area contributed by atoms with Gasteiger partial charge in [0.15, 0.2) is 5.78 Å². The molecule has 0 aromatic heterocycles. The minimum atomic E-state index is -0.254. The van der Waals surface area contributed by atoms with Crippen molar-refractivity contribution in [3.05, 3.63) is 0 Å². The van der Waals surface area contributed by atoms with E-state index in [-0.39, 0.29) is 17.8 Å². The molecule has 0 radical (unpaired) electrons. The molecule has 0 bridgehead atoms. The van der Waals surface area contributed by atoms with E-state index in [9.17, 15) is 4.79 Å². The van der Waals surface area contributed by atoms with E-state index in [0.717, 1.165) is 0 Å². The van der Waals surface area contributed by atoms with Crippen molar-refractivity contribution in [3.8, 4) is 0 Å². The summed E-state index contributed by atoms with van der Waals surface area (Å²) in [5, 5.41) is 0. The van der Waals surface area contributed by atoms with Crippen molar-refractivity contribution < 1.29 is 9.53 Å². The third-order valence-corrected chi connectivity index (χ3v) is 1.11.